The Morgan fingerprint density at radius 3 is 1.62 bits per heavy atom. The van der Waals surface area contributed by atoms with Crippen LogP contribution in [0.5, 0.6) is 0 Å². The number of rotatable bonds is 12. The van der Waals surface area contributed by atoms with Crippen molar-refractivity contribution in [3.63, 3.8) is 0 Å². The topological polar surface area (TPSA) is 0 Å². The minimum absolute atomic E-state index is 0.0951. The maximum atomic E-state index is 3.54. The van der Waals surface area contributed by atoms with Gasteiger partial charge in [0.2, 0.25) is 0 Å². The third-order valence-electron chi connectivity index (χ3n) is 2.69. The average molecular weight is 392 g/mol. The molecule has 0 N–H and O–H groups in total. The molecular weight excluding hydrogens is 367 g/mol. The largest absolute Gasteiger partial charge is 0.111 e. The Labute approximate surface area is 123 Å². The van der Waals surface area contributed by atoms with Gasteiger partial charge in [0.15, 0.2) is 0 Å². The molecule has 0 nitrogen and oxygen atoms in total. The Kier molecular flexibility index (Phi) is 16.4. The van der Waals surface area contributed by atoms with Gasteiger partial charge >= 0.3 is 0 Å². The van der Waals surface area contributed by atoms with Crippen LogP contribution in [0.4, 0.5) is 0 Å². The molecule has 0 fully saturated rings. The molecular formula is C12H25Br2PS. The second-order valence-corrected chi connectivity index (χ2v) is 17.1. The van der Waals surface area contributed by atoms with E-state index in [9.17, 15) is 0 Å². The predicted octanol–water partition coefficient (Wildman–Crippen LogP) is 7.66. The molecule has 0 aliphatic rings. The molecule has 0 aromatic carbocycles. The summed E-state index contributed by atoms with van der Waals surface area (Å²) in [5.41, 5.74) is 0. The van der Waals surface area contributed by atoms with Gasteiger partial charge in [-0.3, -0.25) is 0 Å². The summed E-state index contributed by atoms with van der Waals surface area (Å²) < 4.78 is -0.0951. The lowest BCUT2D eigenvalue weighted by atomic mass is 10.1. The summed E-state index contributed by atoms with van der Waals surface area (Å²) in [5.74, 6) is 1.30. The van der Waals surface area contributed by atoms with E-state index in [2.05, 4.69) is 37.9 Å². The van der Waals surface area contributed by atoms with Gasteiger partial charge in [-0.1, -0.05) is 64.7 Å². The first-order valence-electron chi connectivity index (χ1n) is 6.52. The van der Waals surface area contributed by atoms with Crippen LogP contribution in [0.3, 0.4) is 0 Å². The van der Waals surface area contributed by atoms with Crippen molar-refractivity contribution in [1.29, 1.82) is 0 Å². The smallest absolute Gasteiger partial charge is 0.0933 e. The van der Waals surface area contributed by atoms with E-state index in [1.807, 2.05) is 11.4 Å². The number of hydrogen-bond donors (Lipinski definition) is 0. The van der Waals surface area contributed by atoms with Crippen molar-refractivity contribution >= 4 is 46.9 Å². The Hall–Kier alpha value is 1.74. The lowest BCUT2D eigenvalue weighted by molar-refractivity contribution is 0.563. The summed E-state index contributed by atoms with van der Waals surface area (Å²) in [6.45, 7) is 2.28. The van der Waals surface area contributed by atoms with Crippen molar-refractivity contribution in [1.82, 2.24) is 0 Å². The van der Waals surface area contributed by atoms with E-state index in [0.29, 0.717) is 0 Å². The Morgan fingerprint density at radius 2 is 1.19 bits per heavy atom. The molecule has 0 saturated heterocycles. The lowest BCUT2D eigenvalue weighted by Crippen LogP contribution is -1.82. The maximum absolute atomic E-state index is 3.54. The van der Waals surface area contributed by atoms with Crippen molar-refractivity contribution < 1.29 is 0 Å². The zero-order chi connectivity index (χ0) is 12.1. The molecule has 16 heavy (non-hydrogen) atoms. The van der Waals surface area contributed by atoms with E-state index in [0.717, 1.165) is 0 Å². The summed E-state index contributed by atoms with van der Waals surface area (Å²) in [5, 5.41) is 0. The first-order chi connectivity index (χ1) is 7.77. The first kappa shape index (κ1) is 17.7. The van der Waals surface area contributed by atoms with E-state index in [1.54, 1.807) is 0 Å². The van der Waals surface area contributed by atoms with Crippen molar-refractivity contribution in [2.24, 2.45) is 0 Å². The van der Waals surface area contributed by atoms with Gasteiger partial charge in [-0.15, -0.1) is 11.4 Å². The van der Waals surface area contributed by atoms with Crippen LogP contribution in [0.25, 0.3) is 0 Å². The van der Waals surface area contributed by atoms with Crippen molar-refractivity contribution in [3.05, 3.63) is 0 Å². The molecule has 0 spiro atoms. The van der Waals surface area contributed by atoms with Gasteiger partial charge in [-0.2, -0.15) is 0 Å². The van der Waals surface area contributed by atoms with Crippen LogP contribution < -0.4 is 0 Å². The summed E-state index contributed by atoms with van der Waals surface area (Å²) in [4.78, 5) is 0. The van der Waals surface area contributed by atoms with Gasteiger partial charge in [0.25, 0.3) is 0 Å². The molecule has 0 saturated carbocycles. The van der Waals surface area contributed by atoms with Gasteiger partial charge in [0, 0.05) is 0 Å². The highest BCUT2D eigenvalue weighted by molar-refractivity contribution is 9.77. The zero-order valence-corrected chi connectivity index (χ0v) is 15.3. The lowest BCUT2D eigenvalue weighted by Gasteiger charge is -2.03. The van der Waals surface area contributed by atoms with Gasteiger partial charge in [-0.05, 0) is 43.2 Å². The van der Waals surface area contributed by atoms with Crippen molar-refractivity contribution in [2.75, 3.05) is 5.75 Å². The fraction of sp³-hybridized carbons (Fsp3) is 1.00. The van der Waals surface area contributed by atoms with Crippen LogP contribution in [-0.2, 0) is 0 Å². The molecule has 4 heteroatoms. The van der Waals surface area contributed by atoms with Crippen LogP contribution >= 0.6 is 46.9 Å². The third-order valence-corrected chi connectivity index (χ3v) is 8.17. The van der Waals surface area contributed by atoms with Crippen LogP contribution in [-0.4, -0.2) is 5.75 Å². The molecule has 0 aliphatic heterocycles. The molecule has 0 radical (unpaired) electrons. The van der Waals surface area contributed by atoms with Gasteiger partial charge < -0.3 is 0 Å². The molecule has 0 atom stereocenters. The SMILES string of the molecule is CCCCCCCCCCCCSP(Br)Br. The van der Waals surface area contributed by atoms with E-state index in [-0.39, 0.29) is 4.53 Å². The second kappa shape index (κ2) is 14.8. The van der Waals surface area contributed by atoms with Crippen LogP contribution in [0.2, 0.25) is 0 Å². The summed E-state index contributed by atoms with van der Waals surface area (Å²) in [6, 6.07) is 0. The Morgan fingerprint density at radius 1 is 0.750 bits per heavy atom. The molecule has 0 aliphatic carbocycles. The normalized spacial score (nSPS) is 11.2. The average Bonchev–Trinajstić information content (AvgIpc) is 2.25. The summed E-state index contributed by atoms with van der Waals surface area (Å²) in [7, 11) is 0. The highest BCUT2D eigenvalue weighted by atomic mass is 79.9. The molecule has 0 heterocycles. The van der Waals surface area contributed by atoms with Crippen molar-refractivity contribution in [2.45, 2.75) is 71.1 Å². The van der Waals surface area contributed by atoms with Crippen LogP contribution in [0, 0.1) is 0 Å². The van der Waals surface area contributed by atoms with Gasteiger partial charge in [-0.25, -0.2) is 0 Å². The fourth-order valence-corrected chi connectivity index (χ4v) is 5.60. The molecule has 0 bridgehead atoms. The van der Waals surface area contributed by atoms with Crippen LogP contribution in [0.15, 0.2) is 0 Å². The molecule has 0 aromatic rings. The standard InChI is InChI=1S/C12H25Br2PS/c1-2-3-4-5-6-7-8-9-10-11-12-16-15(13)14/h2-12H2,1H3. The minimum atomic E-state index is -0.0951. The predicted molar refractivity (Wildman–Crippen MR) is 89.1 cm³/mol. The number of hydrogen-bond acceptors (Lipinski definition) is 1. The van der Waals surface area contributed by atoms with Gasteiger partial charge in [0.1, 0.15) is 0 Å². The minimum Gasteiger partial charge on any atom is -0.111 e. The van der Waals surface area contributed by atoms with E-state index >= 15 is 0 Å². The maximum Gasteiger partial charge on any atom is 0.0933 e. The first-order valence-corrected chi connectivity index (χ1v) is 13.5. The third kappa shape index (κ3) is 15.7. The molecule has 0 aromatic heterocycles. The highest BCUT2D eigenvalue weighted by Gasteiger charge is 1.97. The van der Waals surface area contributed by atoms with Crippen molar-refractivity contribution in [3.8, 4) is 0 Å². The second-order valence-electron chi connectivity index (χ2n) is 4.22. The van der Waals surface area contributed by atoms with Crippen LogP contribution in [0.1, 0.15) is 71.1 Å². The summed E-state index contributed by atoms with van der Waals surface area (Å²) >= 11 is 9.09. The molecule has 0 rings (SSSR count). The molecule has 0 amide bonds. The Balaban J connectivity index is 2.88. The number of unbranched alkanes of at least 4 members (excludes halogenated alkanes) is 9. The molecule has 98 valence electrons. The fourth-order valence-electron chi connectivity index (χ4n) is 1.72. The van der Waals surface area contributed by atoms with E-state index in [1.165, 1.54) is 70.0 Å². The summed E-state index contributed by atoms with van der Waals surface area (Å²) in [6.07, 6.45) is 14.3. The molecule has 0 unspecified atom stereocenters. The monoisotopic (exact) mass is 390 g/mol. The zero-order valence-electron chi connectivity index (χ0n) is 10.4. The highest BCUT2D eigenvalue weighted by Crippen LogP contribution is 2.63. The Bertz CT molecular complexity index is 134. The quantitative estimate of drug-likeness (QED) is 0.243. The number of halogens is 2. The van der Waals surface area contributed by atoms with E-state index < -0.39 is 0 Å². The van der Waals surface area contributed by atoms with E-state index in [4.69, 9.17) is 0 Å². The van der Waals surface area contributed by atoms with Gasteiger partial charge in [0.05, 0.1) is 4.53 Å².